The van der Waals surface area contributed by atoms with Crippen LogP contribution in [0.15, 0.2) is 70.6 Å². The zero-order valence-corrected chi connectivity index (χ0v) is 19.6. The number of amides is 1. The number of methoxy groups -OCH3 is 1. The first kappa shape index (κ1) is 21.9. The Morgan fingerprint density at radius 3 is 2.59 bits per heavy atom. The second-order valence-electron chi connectivity index (χ2n) is 7.90. The van der Waals surface area contributed by atoms with Gasteiger partial charge >= 0.3 is 0 Å². The van der Waals surface area contributed by atoms with E-state index in [-0.39, 0.29) is 17.2 Å². The average molecular weight is 473 g/mol. The third-order valence-corrected chi connectivity index (χ3v) is 6.68. The van der Waals surface area contributed by atoms with E-state index in [2.05, 4.69) is 9.56 Å². The molecule has 2 aliphatic heterocycles. The molecular weight excluding hydrogens is 451 g/mol. The van der Waals surface area contributed by atoms with Crippen LogP contribution in [0.5, 0.6) is 5.75 Å². The first-order chi connectivity index (χ1) is 16.4. The van der Waals surface area contributed by atoms with Gasteiger partial charge in [-0.1, -0.05) is 23.9 Å². The molecule has 6 nitrogen and oxygen atoms in total. The number of amidine groups is 2. The minimum absolute atomic E-state index is 0.0395. The Balaban J connectivity index is 1.55. The molecule has 34 heavy (non-hydrogen) atoms. The SMILES string of the molecule is COc1ccccc1-n1c(C)cc(/C=C2/C(=N)N3C(c4ccc(F)cc4)=CSC3=NC2=O)c1C. The summed E-state index contributed by atoms with van der Waals surface area (Å²) >= 11 is 1.27. The van der Waals surface area contributed by atoms with E-state index >= 15 is 0 Å². The summed E-state index contributed by atoms with van der Waals surface area (Å²) in [5.41, 5.74) is 5.21. The number of rotatable bonds is 4. The van der Waals surface area contributed by atoms with Crippen molar-refractivity contribution in [3.05, 3.63) is 93.9 Å². The fourth-order valence-corrected chi connectivity index (χ4v) is 5.09. The van der Waals surface area contributed by atoms with E-state index in [1.54, 1.807) is 30.2 Å². The van der Waals surface area contributed by atoms with E-state index in [1.807, 2.05) is 49.6 Å². The molecular formula is C26H21FN4O2S. The lowest BCUT2D eigenvalue weighted by molar-refractivity contribution is -0.114. The molecule has 8 heteroatoms. The van der Waals surface area contributed by atoms with Crippen LogP contribution in [-0.2, 0) is 4.79 Å². The van der Waals surface area contributed by atoms with Crippen LogP contribution in [0.2, 0.25) is 0 Å². The molecule has 3 heterocycles. The molecule has 2 aliphatic rings. The summed E-state index contributed by atoms with van der Waals surface area (Å²) in [5.74, 6) is -0.0153. The number of para-hydroxylation sites is 2. The van der Waals surface area contributed by atoms with E-state index in [1.165, 1.54) is 23.9 Å². The number of hydrogen-bond donors (Lipinski definition) is 1. The number of carbonyl (C=O) groups is 1. The number of fused-ring (bicyclic) bond motifs is 1. The fourth-order valence-electron chi connectivity index (χ4n) is 4.20. The number of aryl methyl sites for hydroxylation is 1. The molecule has 1 amide bonds. The zero-order valence-electron chi connectivity index (χ0n) is 18.8. The number of nitrogens with one attached hydrogen (secondary N) is 1. The van der Waals surface area contributed by atoms with Crippen molar-refractivity contribution in [3.63, 3.8) is 0 Å². The molecule has 0 aliphatic carbocycles. The van der Waals surface area contributed by atoms with E-state index in [0.717, 1.165) is 34.0 Å². The predicted octanol–water partition coefficient (Wildman–Crippen LogP) is 5.55. The Morgan fingerprint density at radius 1 is 1.12 bits per heavy atom. The van der Waals surface area contributed by atoms with Gasteiger partial charge in [-0.05, 0) is 73.5 Å². The lowest BCUT2D eigenvalue weighted by Crippen LogP contribution is -2.38. The maximum atomic E-state index is 13.4. The van der Waals surface area contributed by atoms with Crippen LogP contribution >= 0.6 is 11.8 Å². The van der Waals surface area contributed by atoms with Crippen molar-refractivity contribution in [2.75, 3.05) is 7.11 Å². The van der Waals surface area contributed by atoms with Gasteiger partial charge in [0.05, 0.1) is 24.1 Å². The maximum Gasteiger partial charge on any atom is 0.283 e. The number of nitrogens with zero attached hydrogens (tertiary/aromatic N) is 3. The highest BCUT2D eigenvalue weighted by atomic mass is 32.2. The molecule has 0 spiro atoms. The van der Waals surface area contributed by atoms with Crippen LogP contribution in [0.3, 0.4) is 0 Å². The van der Waals surface area contributed by atoms with Crippen molar-refractivity contribution in [2.24, 2.45) is 4.99 Å². The molecule has 0 fully saturated rings. The topological polar surface area (TPSA) is 70.7 Å². The van der Waals surface area contributed by atoms with Crippen LogP contribution in [0.4, 0.5) is 4.39 Å². The van der Waals surface area contributed by atoms with Crippen LogP contribution in [0.1, 0.15) is 22.5 Å². The highest BCUT2D eigenvalue weighted by Gasteiger charge is 2.36. The van der Waals surface area contributed by atoms with Crippen LogP contribution in [-0.4, -0.2) is 33.5 Å². The first-order valence-electron chi connectivity index (χ1n) is 10.6. The van der Waals surface area contributed by atoms with E-state index in [4.69, 9.17) is 10.1 Å². The molecule has 5 rings (SSSR count). The quantitative estimate of drug-likeness (QED) is 0.506. The number of aliphatic imine (C=N–C) groups is 1. The van der Waals surface area contributed by atoms with Crippen molar-refractivity contribution in [3.8, 4) is 11.4 Å². The lowest BCUT2D eigenvalue weighted by Gasteiger charge is -2.27. The molecule has 3 aromatic rings. The van der Waals surface area contributed by atoms with Crippen molar-refractivity contribution in [1.82, 2.24) is 9.47 Å². The standard InChI is InChI=1S/C26H21FN4O2S/c1-15-12-18(16(2)30(15)21-6-4-5-7-23(21)33-3)13-20-24(28)31-22(14-34-26(31)29-25(20)32)17-8-10-19(27)11-9-17/h4-14,28H,1-3H3/b20-13-,28-24?. The summed E-state index contributed by atoms with van der Waals surface area (Å²) in [6.45, 7) is 3.95. The Hall–Kier alpha value is -3.91. The Morgan fingerprint density at radius 2 is 1.85 bits per heavy atom. The summed E-state index contributed by atoms with van der Waals surface area (Å²) in [7, 11) is 1.63. The van der Waals surface area contributed by atoms with Crippen molar-refractivity contribution in [1.29, 1.82) is 5.41 Å². The second kappa shape index (κ2) is 8.46. The summed E-state index contributed by atoms with van der Waals surface area (Å²) in [6.07, 6.45) is 1.71. The fraction of sp³-hybridized carbons (Fsp3) is 0.115. The van der Waals surface area contributed by atoms with Crippen molar-refractivity contribution < 1.29 is 13.9 Å². The van der Waals surface area contributed by atoms with Gasteiger partial charge in [0.15, 0.2) is 5.17 Å². The molecule has 0 saturated heterocycles. The van der Waals surface area contributed by atoms with Crippen LogP contribution < -0.4 is 4.74 Å². The van der Waals surface area contributed by atoms with E-state index in [9.17, 15) is 9.18 Å². The number of thioether (sulfide) groups is 1. The summed E-state index contributed by atoms with van der Waals surface area (Å²) in [4.78, 5) is 18.7. The molecule has 0 atom stereocenters. The molecule has 0 saturated carbocycles. The highest BCUT2D eigenvalue weighted by molar-refractivity contribution is 8.17. The molecule has 2 aromatic carbocycles. The van der Waals surface area contributed by atoms with Gasteiger partial charge < -0.3 is 9.30 Å². The normalized spacial score (nSPS) is 16.6. The minimum Gasteiger partial charge on any atom is -0.495 e. The molecule has 0 unspecified atom stereocenters. The van der Waals surface area contributed by atoms with Gasteiger partial charge in [-0.15, -0.1) is 0 Å². The maximum absolute atomic E-state index is 13.4. The molecule has 1 aromatic heterocycles. The zero-order chi connectivity index (χ0) is 24.0. The number of hydrogen-bond acceptors (Lipinski definition) is 4. The Bertz CT molecular complexity index is 1430. The van der Waals surface area contributed by atoms with Crippen LogP contribution in [0.25, 0.3) is 17.5 Å². The third-order valence-electron chi connectivity index (χ3n) is 5.85. The number of halogens is 1. The van der Waals surface area contributed by atoms with Gasteiger partial charge in [0.2, 0.25) is 0 Å². The van der Waals surface area contributed by atoms with E-state index in [0.29, 0.717) is 10.9 Å². The second-order valence-corrected chi connectivity index (χ2v) is 8.74. The largest absolute Gasteiger partial charge is 0.495 e. The third kappa shape index (κ3) is 3.56. The number of aromatic nitrogens is 1. The molecule has 170 valence electrons. The molecule has 0 radical (unpaired) electrons. The Labute approximate surface area is 200 Å². The summed E-state index contributed by atoms with van der Waals surface area (Å²) in [5, 5.41) is 11.1. The van der Waals surface area contributed by atoms with Crippen molar-refractivity contribution >= 4 is 40.4 Å². The first-order valence-corrected chi connectivity index (χ1v) is 11.5. The highest BCUT2D eigenvalue weighted by Crippen LogP contribution is 2.38. The van der Waals surface area contributed by atoms with Gasteiger partial charge in [-0.2, -0.15) is 4.99 Å². The van der Waals surface area contributed by atoms with Gasteiger partial charge in [0.1, 0.15) is 17.4 Å². The summed E-state index contributed by atoms with van der Waals surface area (Å²) < 4.78 is 21.0. The summed E-state index contributed by atoms with van der Waals surface area (Å²) in [6, 6.07) is 15.8. The number of benzene rings is 2. The number of carbonyl (C=O) groups excluding carboxylic acids is 1. The van der Waals surface area contributed by atoms with Gasteiger partial charge in [0.25, 0.3) is 5.91 Å². The van der Waals surface area contributed by atoms with Gasteiger partial charge in [-0.3, -0.25) is 15.1 Å². The van der Waals surface area contributed by atoms with Crippen molar-refractivity contribution in [2.45, 2.75) is 13.8 Å². The van der Waals surface area contributed by atoms with Gasteiger partial charge in [-0.25, -0.2) is 4.39 Å². The molecule has 0 bridgehead atoms. The number of ether oxygens (including phenoxy) is 1. The van der Waals surface area contributed by atoms with Crippen LogP contribution in [0, 0.1) is 25.1 Å². The Kier molecular flexibility index (Phi) is 5.45. The minimum atomic E-state index is -0.459. The van der Waals surface area contributed by atoms with Gasteiger partial charge in [0, 0.05) is 16.8 Å². The molecule has 1 N–H and O–H groups in total. The van der Waals surface area contributed by atoms with E-state index < -0.39 is 5.91 Å². The smallest absolute Gasteiger partial charge is 0.283 e. The predicted molar refractivity (Wildman–Crippen MR) is 134 cm³/mol. The lowest BCUT2D eigenvalue weighted by atomic mass is 10.1. The monoisotopic (exact) mass is 472 g/mol. The average Bonchev–Trinajstić information content (AvgIpc) is 3.37.